The van der Waals surface area contributed by atoms with Crippen LogP contribution in [0.3, 0.4) is 0 Å². The van der Waals surface area contributed by atoms with E-state index in [2.05, 4.69) is 4.98 Å². The molecule has 0 fully saturated rings. The van der Waals surface area contributed by atoms with Crippen molar-refractivity contribution in [1.29, 1.82) is 0 Å². The van der Waals surface area contributed by atoms with E-state index in [1.165, 1.54) is 11.3 Å². The summed E-state index contributed by atoms with van der Waals surface area (Å²) >= 11 is 6.97. The fourth-order valence-electron chi connectivity index (χ4n) is 0.496. The van der Waals surface area contributed by atoms with Gasteiger partial charge in [-0.3, -0.25) is 0 Å². The Kier molecular flexibility index (Phi) is 2.45. The lowest BCUT2D eigenvalue weighted by Crippen LogP contribution is -1.85. The molecule has 1 heterocycles. The topological polar surface area (TPSA) is 22.1 Å². The van der Waals surface area contributed by atoms with Crippen LogP contribution in [0, 0.1) is 0 Å². The molecule has 0 bridgehead atoms. The molecule has 0 N–H and O–H groups in total. The average Bonchev–Trinajstić information content (AvgIpc) is 2.17. The molecule has 1 aromatic heterocycles. The summed E-state index contributed by atoms with van der Waals surface area (Å²) in [5, 5.41) is 1.88. The molecule has 4 heteroatoms. The maximum Gasteiger partial charge on any atom is 0.183 e. The molecule has 0 unspecified atom stereocenters. The molecule has 0 aliphatic rings. The Morgan fingerprint density at radius 3 is 3.11 bits per heavy atom. The number of ether oxygens (including phenoxy) is 1. The van der Waals surface area contributed by atoms with Crippen LogP contribution in [0.2, 0.25) is 4.47 Å². The van der Waals surface area contributed by atoms with Crippen LogP contribution in [0.4, 0.5) is 0 Å². The lowest BCUT2D eigenvalue weighted by atomic mass is 10.5. The van der Waals surface area contributed by atoms with Crippen LogP contribution < -0.4 is 0 Å². The van der Waals surface area contributed by atoms with Crippen molar-refractivity contribution in [3.8, 4) is 0 Å². The van der Waals surface area contributed by atoms with Gasteiger partial charge in [-0.25, -0.2) is 4.98 Å². The van der Waals surface area contributed by atoms with E-state index in [4.69, 9.17) is 16.3 Å². The highest BCUT2D eigenvalue weighted by molar-refractivity contribution is 7.13. The van der Waals surface area contributed by atoms with Crippen molar-refractivity contribution in [3.05, 3.63) is 15.5 Å². The largest absolute Gasteiger partial charge is 0.378 e. The molecule has 1 aromatic rings. The van der Waals surface area contributed by atoms with Crippen molar-refractivity contribution in [1.82, 2.24) is 4.98 Å². The summed E-state index contributed by atoms with van der Waals surface area (Å²) in [6, 6.07) is 0. The monoisotopic (exact) mass is 163 g/mol. The van der Waals surface area contributed by atoms with Gasteiger partial charge in [0.05, 0.1) is 12.3 Å². The number of nitrogens with zero attached hydrogens (tertiary/aromatic N) is 1. The lowest BCUT2D eigenvalue weighted by molar-refractivity contribution is 0.182. The van der Waals surface area contributed by atoms with Gasteiger partial charge in [0.1, 0.15) is 0 Å². The molecule has 50 valence electrons. The first kappa shape index (κ1) is 6.99. The van der Waals surface area contributed by atoms with E-state index >= 15 is 0 Å². The zero-order chi connectivity index (χ0) is 6.69. The molecular weight excluding hydrogens is 158 g/mol. The minimum absolute atomic E-state index is 0.545. The number of hydrogen-bond donors (Lipinski definition) is 0. The van der Waals surface area contributed by atoms with E-state index in [-0.39, 0.29) is 0 Å². The van der Waals surface area contributed by atoms with Crippen LogP contribution in [-0.4, -0.2) is 12.1 Å². The third kappa shape index (κ3) is 1.93. The van der Waals surface area contributed by atoms with Crippen molar-refractivity contribution in [3.63, 3.8) is 0 Å². The zero-order valence-corrected chi connectivity index (χ0v) is 6.50. The lowest BCUT2D eigenvalue weighted by Gasteiger charge is -1.88. The quantitative estimate of drug-likeness (QED) is 0.665. The summed E-state index contributed by atoms with van der Waals surface area (Å²) in [5.41, 5.74) is 0.896. The molecule has 0 radical (unpaired) electrons. The van der Waals surface area contributed by atoms with Crippen LogP contribution in [0.5, 0.6) is 0 Å². The van der Waals surface area contributed by atoms with Gasteiger partial charge in [0.15, 0.2) is 4.47 Å². The Morgan fingerprint density at radius 2 is 2.67 bits per heavy atom. The summed E-state index contributed by atoms with van der Waals surface area (Å²) in [6.07, 6.45) is 0. The molecule has 0 spiro atoms. The van der Waals surface area contributed by atoms with Gasteiger partial charge in [0, 0.05) is 12.5 Å². The second kappa shape index (κ2) is 3.15. The van der Waals surface area contributed by atoms with Gasteiger partial charge in [-0.2, -0.15) is 0 Å². The maximum atomic E-state index is 5.55. The first-order valence-electron chi connectivity index (χ1n) is 2.42. The molecule has 9 heavy (non-hydrogen) atoms. The third-order valence-electron chi connectivity index (χ3n) is 0.816. The predicted molar refractivity (Wildman–Crippen MR) is 37.8 cm³/mol. The number of rotatable bonds is 2. The van der Waals surface area contributed by atoms with Crippen molar-refractivity contribution in [2.45, 2.75) is 6.61 Å². The third-order valence-corrected chi connectivity index (χ3v) is 1.84. The van der Waals surface area contributed by atoms with Gasteiger partial charge in [-0.05, 0) is 0 Å². The molecule has 0 aromatic carbocycles. The average molecular weight is 164 g/mol. The van der Waals surface area contributed by atoms with Crippen LogP contribution in [0.1, 0.15) is 5.69 Å². The Labute approximate surface area is 62.4 Å². The molecule has 0 amide bonds. The van der Waals surface area contributed by atoms with E-state index in [1.807, 2.05) is 5.38 Å². The second-order valence-electron chi connectivity index (χ2n) is 1.52. The summed E-state index contributed by atoms with van der Waals surface area (Å²) in [5.74, 6) is 0. The van der Waals surface area contributed by atoms with E-state index in [1.54, 1.807) is 7.11 Å². The van der Waals surface area contributed by atoms with Crippen molar-refractivity contribution in [2.75, 3.05) is 7.11 Å². The first-order valence-corrected chi connectivity index (χ1v) is 3.67. The molecule has 1 rings (SSSR count). The van der Waals surface area contributed by atoms with Crippen molar-refractivity contribution < 1.29 is 4.74 Å². The highest BCUT2D eigenvalue weighted by Crippen LogP contribution is 2.14. The summed E-state index contributed by atoms with van der Waals surface area (Å²) in [4.78, 5) is 3.96. The second-order valence-corrected chi connectivity index (χ2v) is 2.97. The Hall–Kier alpha value is -0.120. The first-order chi connectivity index (χ1) is 4.33. The molecule has 0 saturated heterocycles. The standard InChI is InChI=1S/C5H6ClNOS/c1-8-2-4-3-9-5(6)7-4/h3H,2H2,1H3. The van der Waals surface area contributed by atoms with Gasteiger partial charge >= 0.3 is 0 Å². The Balaban J connectivity index is 2.61. The van der Waals surface area contributed by atoms with Gasteiger partial charge in [0.2, 0.25) is 0 Å². The van der Waals surface area contributed by atoms with Crippen molar-refractivity contribution >= 4 is 22.9 Å². The predicted octanol–water partition coefficient (Wildman–Crippen LogP) is 1.94. The van der Waals surface area contributed by atoms with Crippen LogP contribution in [0.25, 0.3) is 0 Å². The Bertz CT molecular complexity index is 189. The van der Waals surface area contributed by atoms with Gasteiger partial charge in [-0.1, -0.05) is 11.6 Å². The van der Waals surface area contributed by atoms with Crippen LogP contribution in [0.15, 0.2) is 5.38 Å². The smallest absolute Gasteiger partial charge is 0.183 e. The normalized spacial score (nSPS) is 10.0. The van der Waals surface area contributed by atoms with Gasteiger partial charge in [0.25, 0.3) is 0 Å². The maximum absolute atomic E-state index is 5.55. The number of thiazole rings is 1. The van der Waals surface area contributed by atoms with Crippen LogP contribution >= 0.6 is 22.9 Å². The van der Waals surface area contributed by atoms with Gasteiger partial charge < -0.3 is 4.74 Å². The van der Waals surface area contributed by atoms with E-state index in [9.17, 15) is 0 Å². The molecule has 0 atom stereocenters. The molecular formula is C5H6ClNOS. The highest BCUT2D eigenvalue weighted by Gasteiger charge is 1.96. The number of aromatic nitrogens is 1. The minimum atomic E-state index is 0.545. The SMILES string of the molecule is COCc1csc(Cl)n1. The van der Waals surface area contributed by atoms with E-state index < -0.39 is 0 Å². The molecule has 0 aliphatic heterocycles. The molecule has 0 saturated carbocycles. The summed E-state index contributed by atoms with van der Waals surface area (Å²) < 4.78 is 5.40. The highest BCUT2D eigenvalue weighted by atomic mass is 35.5. The number of hydrogen-bond acceptors (Lipinski definition) is 3. The molecule has 2 nitrogen and oxygen atoms in total. The van der Waals surface area contributed by atoms with Crippen LogP contribution in [-0.2, 0) is 11.3 Å². The number of halogens is 1. The number of methoxy groups -OCH3 is 1. The fourth-order valence-corrected chi connectivity index (χ4v) is 1.26. The van der Waals surface area contributed by atoms with Gasteiger partial charge in [-0.15, -0.1) is 11.3 Å². The summed E-state index contributed by atoms with van der Waals surface area (Å²) in [7, 11) is 1.63. The summed E-state index contributed by atoms with van der Waals surface area (Å²) in [6.45, 7) is 0.545. The van der Waals surface area contributed by atoms with E-state index in [0.717, 1.165) is 5.69 Å². The fraction of sp³-hybridized carbons (Fsp3) is 0.400. The minimum Gasteiger partial charge on any atom is -0.378 e. The van der Waals surface area contributed by atoms with E-state index in [0.29, 0.717) is 11.1 Å². The van der Waals surface area contributed by atoms with Crippen molar-refractivity contribution in [2.24, 2.45) is 0 Å². The molecule has 0 aliphatic carbocycles. The zero-order valence-electron chi connectivity index (χ0n) is 4.93. The Morgan fingerprint density at radius 1 is 1.89 bits per heavy atom.